The van der Waals surface area contributed by atoms with E-state index in [2.05, 4.69) is 6.92 Å². The summed E-state index contributed by atoms with van der Waals surface area (Å²) in [6.07, 6.45) is 2.51. The molecule has 2 N–H and O–H groups in total. The number of nitrogens with two attached hydrogens (primary N) is 1. The Morgan fingerprint density at radius 2 is 1.75 bits per heavy atom. The molecule has 94 valence electrons. The van der Waals surface area contributed by atoms with E-state index in [1.165, 1.54) is 12.8 Å². The van der Waals surface area contributed by atoms with Crippen LogP contribution < -0.4 is 5.73 Å². The van der Waals surface area contributed by atoms with Gasteiger partial charge in [0, 0.05) is 18.6 Å². The Bertz CT molecular complexity index is 274. The summed E-state index contributed by atoms with van der Waals surface area (Å²) in [5, 5.41) is 0. The molecule has 0 spiro atoms. The summed E-state index contributed by atoms with van der Waals surface area (Å²) >= 11 is 0. The van der Waals surface area contributed by atoms with Crippen molar-refractivity contribution in [2.75, 3.05) is 7.05 Å². The van der Waals surface area contributed by atoms with Crippen LogP contribution in [0.1, 0.15) is 47.5 Å². The van der Waals surface area contributed by atoms with Crippen molar-refractivity contribution in [2.24, 2.45) is 17.1 Å². The zero-order chi connectivity index (χ0) is 12.7. The summed E-state index contributed by atoms with van der Waals surface area (Å²) in [5.74, 6) is 0.852. The molecule has 1 atom stereocenters. The van der Waals surface area contributed by atoms with Crippen molar-refractivity contribution < 1.29 is 4.79 Å². The van der Waals surface area contributed by atoms with E-state index in [0.29, 0.717) is 12.0 Å². The summed E-state index contributed by atoms with van der Waals surface area (Å²) in [4.78, 5) is 14.3. The SMILES string of the molecule is CC(C1CC1)N(C)C(=O)C(C)(C)C(C)(C)N. The highest BCUT2D eigenvalue weighted by Crippen LogP contribution is 2.37. The van der Waals surface area contributed by atoms with E-state index in [0.717, 1.165) is 0 Å². The van der Waals surface area contributed by atoms with Crippen LogP contribution in [0.5, 0.6) is 0 Å². The van der Waals surface area contributed by atoms with Crippen LogP contribution in [0.3, 0.4) is 0 Å². The van der Waals surface area contributed by atoms with Crippen LogP contribution >= 0.6 is 0 Å². The molecule has 0 saturated heterocycles. The van der Waals surface area contributed by atoms with Crippen molar-refractivity contribution >= 4 is 5.91 Å². The maximum absolute atomic E-state index is 12.4. The third kappa shape index (κ3) is 2.40. The Morgan fingerprint density at radius 3 is 2.06 bits per heavy atom. The number of carbonyl (C=O) groups excluding carboxylic acids is 1. The first-order valence-corrected chi connectivity index (χ1v) is 6.15. The van der Waals surface area contributed by atoms with E-state index in [4.69, 9.17) is 5.73 Å². The van der Waals surface area contributed by atoms with Crippen LogP contribution in [-0.2, 0) is 4.79 Å². The molecule has 0 bridgehead atoms. The maximum atomic E-state index is 12.4. The Kier molecular flexibility index (Phi) is 3.39. The van der Waals surface area contributed by atoms with E-state index < -0.39 is 11.0 Å². The van der Waals surface area contributed by atoms with Crippen LogP contribution in [0.15, 0.2) is 0 Å². The molecule has 3 heteroatoms. The summed E-state index contributed by atoms with van der Waals surface area (Å²) in [6.45, 7) is 9.84. The van der Waals surface area contributed by atoms with Crippen molar-refractivity contribution in [3.63, 3.8) is 0 Å². The van der Waals surface area contributed by atoms with E-state index >= 15 is 0 Å². The van der Waals surface area contributed by atoms with Crippen LogP contribution in [0.4, 0.5) is 0 Å². The molecule has 0 heterocycles. The highest BCUT2D eigenvalue weighted by atomic mass is 16.2. The largest absolute Gasteiger partial charge is 0.342 e. The van der Waals surface area contributed by atoms with Crippen molar-refractivity contribution in [3.05, 3.63) is 0 Å². The standard InChI is InChI=1S/C13H26N2O/c1-9(10-7-8-10)15(6)11(16)12(2,3)13(4,5)14/h9-10H,7-8,14H2,1-6H3. The van der Waals surface area contributed by atoms with E-state index in [9.17, 15) is 4.79 Å². The minimum absolute atomic E-state index is 0.152. The number of carbonyl (C=O) groups is 1. The lowest BCUT2D eigenvalue weighted by Crippen LogP contribution is -2.57. The van der Waals surface area contributed by atoms with Gasteiger partial charge in [0.15, 0.2) is 0 Å². The van der Waals surface area contributed by atoms with Crippen LogP contribution in [0.25, 0.3) is 0 Å². The molecule has 0 aromatic carbocycles. The quantitative estimate of drug-likeness (QED) is 0.797. The summed E-state index contributed by atoms with van der Waals surface area (Å²) in [6, 6.07) is 0.342. The van der Waals surface area contributed by atoms with Gasteiger partial charge < -0.3 is 10.6 Å². The molecule has 0 aromatic heterocycles. The number of rotatable bonds is 4. The molecule has 0 radical (unpaired) electrons. The van der Waals surface area contributed by atoms with Gasteiger partial charge >= 0.3 is 0 Å². The monoisotopic (exact) mass is 226 g/mol. The number of hydrogen-bond acceptors (Lipinski definition) is 2. The molecule has 16 heavy (non-hydrogen) atoms. The molecule has 1 saturated carbocycles. The van der Waals surface area contributed by atoms with E-state index in [1.807, 2.05) is 39.6 Å². The first-order chi connectivity index (χ1) is 7.09. The van der Waals surface area contributed by atoms with Gasteiger partial charge in [0.1, 0.15) is 0 Å². The first-order valence-electron chi connectivity index (χ1n) is 6.15. The lowest BCUT2D eigenvalue weighted by molar-refractivity contribution is -0.144. The molecule has 1 aliphatic rings. The average Bonchev–Trinajstić information content (AvgIpc) is 2.95. The Labute approximate surface area is 99.4 Å². The zero-order valence-electron chi connectivity index (χ0n) is 11.5. The van der Waals surface area contributed by atoms with Gasteiger partial charge in [0.2, 0.25) is 5.91 Å². The highest BCUT2D eigenvalue weighted by molar-refractivity contribution is 5.83. The Balaban J connectivity index is 2.76. The molecule has 3 nitrogen and oxygen atoms in total. The Morgan fingerprint density at radius 1 is 1.31 bits per heavy atom. The lowest BCUT2D eigenvalue weighted by atomic mass is 9.74. The minimum Gasteiger partial charge on any atom is -0.342 e. The number of amides is 1. The summed E-state index contributed by atoms with van der Waals surface area (Å²) in [7, 11) is 1.90. The fourth-order valence-corrected chi connectivity index (χ4v) is 1.80. The smallest absolute Gasteiger partial charge is 0.230 e. The minimum atomic E-state index is -0.523. The van der Waals surface area contributed by atoms with Gasteiger partial charge in [-0.2, -0.15) is 0 Å². The first kappa shape index (κ1) is 13.5. The molecule has 1 aliphatic carbocycles. The van der Waals surface area contributed by atoms with Crippen LogP contribution in [0.2, 0.25) is 0 Å². The average molecular weight is 226 g/mol. The Hall–Kier alpha value is -0.570. The van der Waals surface area contributed by atoms with Gasteiger partial charge in [-0.15, -0.1) is 0 Å². The van der Waals surface area contributed by atoms with Gasteiger partial charge in [-0.1, -0.05) is 0 Å². The van der Waals surface area contributed by atoms with Gasteiger partial charge in [0.05, 0.1) is 5.41 Å². The topological polar surface area (TPSA) is 46.3 Å². The highest BCUT2D eigenvalue weighted by Gasteiger charge is 2.44. The second-order valence-corrected chi connectivity index (χ2v) is 6.34. The molecular weight excluding hydrogens is 200 g/mol. The lowest BCUT2D eigenvalue weighted by Gasteiger charge is -2.41. The molecule has 1 fully saturated rings. The summed E-state index contributed by atoms with van der Waals surface area (Å²) < 4.78 is 0. The van der Waals surface area contributed by atoms with E-state index in [-0.39, 0.29) is 5.91 Å². The van der Waals surface area contributed by atoms with Crippen molar-refractivity contribution in [1.29, 1.82) is 0 Å². The second-order valence-electron chi connectivity index (χ2n) is 6.34. The second kappa shape index (κ2) is 4.02. The molecule has 1 rings (SSSR count). The number of hydrogen-bond donors (Lipinski definition) is 1. The fourth-order valence-electron chi connectivity index (χ4n) is 1.80. The van der Waals surface area contributed by atoms with Gasteiger partial charge in [-0.25, -0.2) is 0 Å². The predicted octanol–water partition coefficient (Wildman–Crippen LogP) is 2.01. The molecule has 0 aromatic rings. The number of nitrogens with zero attached hydrogens (tertiary/aromatic N) is 1. The molecule has 1 amide bonds. The van der Waals surface area contributed by atoms with Crippen molar-refractivity contribution in [3.8, 4) is 0 Å². The van der Waals surface area contributed by atoms with Gasteiger partial charge in [-0.05, 0) is 53.4 Å². The van der Waals surface area contributed by atoms with Crippen molar-refractivity contribution in [1.82, 2.24) is 4.90 Å². The van der Waals surface area contributed by atoms with Crippen LogP contribution in [0, 0.1) is 11.3 Å². The third-order valence-electron chi connectivity index (χ3n) is 4.38. The third-order valence-corrected chi connectivity index (χ3v) is 4.38. The van der Waals surface area contributed by atoms with Gasteiger partial charge in [0.25, 0.3) is 0 Å². The van der Waals surface area contributed by atoms with Crippen LogP contribution in [-0.4, -0.2) is 29.4 Å². The predicted molar refractivity (Wildman–Crippen MR) is 67.0 cm³/mol. The molecular formula is C13H26N2O. The maximum Gasteiger partial charge on any atom is 0.230 e. The fraction of sp³-hybridized carbons (Fsp3) is 0.923. The van der Waals surface area contributed by atoms with Gasteiger partial charge in [-0.3, -0.25) is 4.79 Å². The normalized spacial score (nSPS) is 19.4. The summed E-state index contributed by atoms with van der Waals surface area (Å²) in [5.41, 5.74) is 5.08. The van der Waals surface area contributed by atoms with Crippen molar-refractivity contribution in [2.45, 2.75) is 59.0 Å². The molecule has 0 aliphatic heterocycles. The zero-order valence-corrected chi connectivity index (χ0v) is 11.5. The molecule has 1 unspecified atom stereocenters. The van der Waals surface area contributed by atoms with E-state index in [1.54, 1.807) is 0 Å².